The maximum atomic E-state index is 11.8. The van der Waals surface area contributed by atoms with Gasteiger partial charge in [0, 0.05) is 11.8 Å². The Bertz CT molecular complexity index is 164. The molecule has 0 aliphatic rings. The summed E-state index contributed by atoms with van der Waals surface area (Å²) in [4.78, 5) is 14.0. The van der Waals surface area contributed by atoms with Crippen LogP contribution in [0, 0.1) is 11.8 Å². The quantitative estimate of drug-likeness (QED) is 0.628. The van der Waals surface area contributed by atoms with Crippen LogP contribution >= 0.6 is 0 Å². The molecule has 0 aromatic rings. The number of rotatable bonds is 7. The topological polar surface area (TPSA) is 20.3 Å². The number of carbonyl (C=O) groups excluding carboxylic acids is 1. The highest BCUT2D eigenvalue weighted by molar-refractivity contribution is 5.82. The zero-order valence-corrected chi connectivity index (χ0v) is 10.3. The Morgan fingerprint density at radius 1 is 1.21 bits per heavy atom. The molecule has 0 N–H and O–H groups in total. The van der Waals surface area contributed by atoms with Crippen LogP contribution in [0.15, 0.2) is 0 Å². The van der Waals surface area contributed by atoms with Crippen LogP contribution in [0.4, 0.5) is 0 Å². The Morgan fingerprint density at radius 2 is 1.79 bits per heavy atom. The summed E-state index contributed by atoms with van der Waals surface area (Å²) >= 11 is 0. The highest BCUT2D eigenvalue weighted by Gasteiger charge is 2.19. The molecule has 0 aliphatic heterocycles. The first-order valence-corrected chi connectivity index (χ1v) is 5.67. The largest absolute Gasteiger partial charge is 0.309 e. The van der Waals surface area contributed by atoms with Gasteiger partial charge in [0.15, 0.2) is 0 Å². The van der Waals surface area contributed by atoms with Crippen LogP contribution in [0.5, 0.6) is 0 Å². The third kappa shape index (κ3) is 5.38. The average molecular weight is 199 g/mol. The van der Waals surface area contributed by atoms with Gasteiger partial charge < -0.3 is 4.90 Å². The summed E-state index contributed by atoms with van der Waals surface area (Å²) in [5.41, 5.74) is 0. The minimum absolute atomic E-state index is 0.189. The lowest BCUT2D eigenvalue weighted by atomic mass is 9.89. The van der Waals surface area contributed by atoms with Crippen molar-refractivity contribution in [3.8, 4) is 0 Å². The van der Waals surface area contributed by atoms with E-state index in [0.29, 0.717) is 5.78 Å². The van der Waals surface area contributed by atoms with Gasteiger partial charge in [-0.05, 0) is 33.5 Å². The van der Waals surface area contributed by atoms with Crippen molar-refractivity contribution in [3.63, 3.8) is 0 Å². The summed E-state index contributed by atoms with van der Waals surface area (Å²) in [5.74, 6) is 0.907. The first-order valence-electron chi connectivity index (χ1n) is 5.67. The number of ketones is 1. The van der Waals surface area contributed by atoms with Crippen LogP contribution in [-0.4, -0.2) is 31.3 Å². The molecule has 14 heavy (non-hydrogen) atoms. The molecule has 84 valence electrons. The SMILES string of the molecule is CCCC(CCN(C)C)C(=O)C(C)C. The van der Waals surface area contributed by atoms with Crippen molar-refractivity contribution < 1.29 is 4.79 Å². The van der Waals surface area contributed by atoms with Gasteiger partial charge >= 0.3 is 0 Å². The Hall–Kier alpha value is -0.370. The van der Waals surface area contributed by atoms with Gasteiger partial charge in [-0.2, -0.15) is 0 Å². The Balaban J connectivity index is 4.07. The molecule has 0 saturated heterocycles. The molecule has 0 aromatic heterocycles. The van der Waals surface area contributed by atoms with E-state index in [4.69, 9.17) is 0 Å². The maximum Gasteiger partial charge on any atom is 0.138 e. The van der Waals surface area contributed by atoms with Crippen molar-refractivity contribution in [1.29, 1.82) is 0 Å². The van der Waals surface area contributed by atoms with E-state index < -0.39 is 0 Å². The van der Waals surface area contributed by atoms with Crippen LogP contribution in [0.2, 0.25) is 0 Å². The van der Waals surface area contributed by atoms with Gasteiger partial charge in [-0.3, -0.25) is 4.79 Å². The smallest absolute Gasteiger partial charge is 0.138 e. The van der Waals surface area contributed by atoms with Crippen molar-refractivity contribution in [3.05, 3.63) is 0 Å². The lowest BCUT2D eigenvalue weighted by Crippen LogP contribution is -2.24. The van der Waals surface area contributed by atoms with E-state index in [1.165, 1.54) is 0 Å². The second kappa shape index (κ2) is 6.99. The van der Waals surface area contributed by atoms with Crippen LogP contribution in [0.1, 0.15) is 40.0 Å². The summed E-state index contributed by atoms with van der Waals surface area (Å²) in [5, 5.41) is 0. The normalized spacial score (nSPS) is 13.6. The molecule has 1 atom stereocenters. The molecule has 2 nitrogen and oxygen atoms in total. The maximum absolute atomic E-state index is 11.8. The second-order valence-corrected chi connectivity index (χ2v) is 4.63. The van der Waals surface area contributed by atoms with E-state index in [9.17, 15) is 4.79 Å². The monoisotopic (exact) mass is 199 g/mol. The summed E-state index contributed by atoms with van der Waals surface area (Å²) in [6, 6.07) is 0. The van der Waals surface area contributed by atoms with Crippen LogP contribution in [-0.2, 0) is 4.79 Å². The van der Waals surface area contributed by atoms with E-state index in [0.717, 1.165) is 25.8 Å². The van der Waals surface area contributed by atoms with E-state index >= 15 is 0 Å². The predicted octanol–water partition coefficient (Wildman–Crippen LogP) is 2.58. The predicted molar refractivity (Wildman–Crippen MR) is 61.4 cm³/mol. The number of carbonyl (C=O) groups is 1. The van der Waals surface area contributed by atoms with Gasteiger partial charge in [0.2, 0.25) is 0 Å². The van der Waals surface area contributed by atoms with Crippen molar-refractivity contribution in [2.45, 2.75) is 40.0 Å². The number of hydrogen-bond donors (Lipinski definition) is 0. The number of Topliss-reactive ketones (excluding diaryl/α,β-unsaturated/α-hetero) is 1. The number of hydrogen-bond acceptors (Lipinski definition) is 2. The van der Waals surface area contributed by atoms with Crippen LogP contribution in [0.25, 0.3) is 0 Å². The molecular weight excluding hydrogens is 174 g/mol. The van der Waals surface area contributed by atoms with E-state index in [1.54, 1.807) is 0 Å². The third-order valence-electron chi connectivity index (χ3n) is 2.53. The van der Waals surface area contributed by atoms with Gasteiger partial charge in [0.05, 0.1) is 0 Å². The van der Waals surface area contributed by atoms with Gasteiger partial charge in [0.1, 0.15) is 5.78 Å². The highest BCUT2D eigenvalue weighted by atomic mass is 16.1. The molecule has 0 aromatic carbocycles. The van der Waals surface area contributed by atoms with Crippen molar-refractivity contribution in [1.82, 2.24) is 4.90 Å². The van der Waals surface area contributed by atoms with Gasteiger partial charge in [0.25, 0.3) is 0 Å². The Labute approximate surface area is 88.7 Å². The van der Waals surface area contributed by atoms with Crippen molar-refractivity contribution in [2.24, 2.45) is 11.8 Å². The molecule has 0 fully saturated rings. The number of nitrogens with zero attached hydrogens (tertiary/aromatic N) is 1. The summed E-state index contributed by atoms with van der Waals surface area (Å²) in [7, 11) is 4.12. The summed E-state index contributed by atoms with van der Waals surface area (Å²) < 4.78 is 0. The van der Waals surface area contributed by atoms with Gasteiger partial charge in [-0.1, -0.05) is 27.2 Å². The van der Waals surface area contributed by atoms with Crippen molar-refractivity contribution >= 4 is 5.78 Å². The van der Waals surface area contributed by atoms with Crippen LogP contribution < -0.4 is 0 Å². The first-order chi connectivity index (χ1) is 6.49. The van der Waals surface area contributed by atoms with E-state index in [1.807, 2.05) is 13.8 Å². The molecular formula is C12H25NO. The minimum atomic E-state index is 0.189. The molecule has 0 amide bonds. The van der Waals surface area contributed by atoms with Crippen LogP contribution in [0.3, 0.4) is 0 Å². The minimum Gasteiger partial charge on any atom is -0.309 e. The highest BCUT2D eigenvalue weighted by Crippen LogP contribution is 2.17. The lowest BCUT2D eigenvalue weighted by Gasteiger charge is -2.19. The zero-order chi connectivity index (χ0) is 11.1. The lowest BCUT2D eigenvalue weighted by molar-refractivity contribution is -0.126. The Morgan fingerprint density at radius 3 is 2.14 bits per heavy atom. The van der Waals surface area contributed by atoms with Gasteiger partial charge in [-0.25, -0.2) is 0 Å². The zero-order valence-electron chi connectivity index (χ0n) is 10.3. The fourth-order valence-electron chi connectivity index (χ4n) is 1.66. The molecule has 0 aliphatic carbocycles. The molecule has 1 unspecified atom stereocenters. The van der Waals surface area contributed by atoms with Gasteiger partial charge in [-0.15, -0.1) is 0 Å². The van der Waals surface area contributed by atoms with Crippen molar-refractivity contribution in [2.75, 3.05) is 20.6 Å². The molecule has 0 radical (unpaired) electrons. The molecule has 2 heteroatoms. The Kier molecular flexibility index (Phi) is 6.81. The average Bonchev–Trinajstić information content (AvgIpc) is 2.10. The summed E-state index contributed by atoms with van der Waals surface area (Å²) in [6.07, 6.45) is 3.17. The standard InChI is InChI=1S/C12H25NO/c1-6-7-11(8-9-13(4)5)12(14)10(2)3/h10-11H,6-9H2,1-5H3. The molecule has 0 rings (SSSR count). The molecule has 0 heterocycles. The van der Waals surface area contributed by atoms with E-state index in [2.05, 4.69) is 25.9 Å². The first kappa shape index (κ1) is 13.6. The van der Waals surface area contributed by atoms with E-state index in [-0.39, 0.29) is 11.8 Å². The molecule has 0 bridgehead atoms. The second-order valence-electron chi connectivity index (χ2n) is 4.63. The molecule has 0 spiro atoms. The fraction of sp³-hybridized carbons (Fsp3) is 0.917. The molecule has 0 saturated carbocycles. The third-order valence-corrected chi connectivity index (χ3v) is 2.53. The fourth-order valence-corrected chi connectivity index (χ4v) is 1.66. The summed E-state index contributed by atoms with van der Waals surface area (Å²) in [6.45, 7) is 7.17.